The minimum absolute atomic E-state index is 0.105. The van der Waals surface area contributed by atoms with Crippen LogP contribution < -0.4 is 16.0 Å². The lowest BCUT2D eigenvalue weighted by molar-refractivity contribution is -0.118. The molecule has 5 N–H and O–H groups in total. The zero-order chi connectivity index (χ0) is 20.1. The van der Waals surface area contributed by atoms with E-state index in [-0.39, 0.29) is 19.6 Å². The van der Waals surface area contributed by atoms with Crippen molar-refractivity contribution in [3.63, 3.8) is 0 Å². The van der Waals surface area contributed by atoms with Gasteiger partial charge in [-0.15, -0.1) is 0 Å². The Morgan fingerprint density at radius 3 is 2.48 bits per heavy atom. The topological polar surface area (TPSA) is 137 Å². The second-order valence-corrected chi connectivity index (χ2v) is 5.66. The number of unbranched alkanes of at least 4 members (excludes halogenated alkanes) is 1. The Balaban J connectivity index is 2.44. The van der Waals surface area contributed by atoms with Crippen LogP contribution in [0.2, 0.25) is 0 Å². The minimum atomic E-state index is -1.29. The van der Waals surface area contributed by atoms with Gasteiger partial charge in [0.15, 0.2) is 0 Å². The summed E-state index contributed by atoms with van der Waals surface area (Å²) >= 11 is 0. The van der Waals surface area contributed by atoms with E-state index in [1.165, 1.54) is 6.08 Å². The van der Waals surface area contributed by atoms with E-state index >= 15 is 0 Å². The number of aliphatic hydroxyl groups excluding tert-OH is 1. The molecule has 9 heteroatoms. The van der Waals surface area contributed by atoms with Crippen molar-refractivity contribution in [2.45, 2.75) is 31.9 Å². The summed E-state index contributed by atoms with van der Waals surface area (Å²) in [5, 5.41) is 25.3. The maximum atomic E-state index is 12.3. The fourth-order valence-electron chi connectivity index (χ4n) is 2.19. The number of amides is 3. The number of hydrogen-bond acceptors (Lipinski definition) is 5. The number of rotatable bonds is 11. The van der Waals surface area contributed by atoms with E-state index in [4.69, 9.17) is 14.9 Å². The van der Waals surface area contributed by atoms with Crippen LogP contribution in [0.1, 0.15) is 24.8 Å². The summed E-state index contributed by atoms with van der Waals surface area (Å²) in [6.07, 6.45) is 0.952. The van der Waals surface area contributed by atoms with E-state index in [0.717, 1.165) is 0 Å². The number of benzene rings is 1. The van der Waals surface area contributed by atoms with E-state index in [1.807, 2.05) is 0 Å². The lowest BCUT2D eigenvalue weighted by Gasteiger charge is -2.17. The smallest absolute Gasteiger partial charge is 0.407 e. The predicted molar refractivity (Wildman–Crippen MR) is 99.3 cm³/mol. The second kappa shape index (κ2) is 12.3. The monoisotopic (exact) mass is 379 g/mol. The zero-order valence-corrected chi connectivity index (χ0v) is 14.9. The molecule has 0 radical (unpaired) electrons. The van der Waals surface area contributed by atoms with Crippen molar-refractivity contribution in [1.82, 2.24) is 10.6 Å². The van der Waals surface area contributed by atoms with Gasteiger partial charge in [-0.3, -0.25) is 4.79 Å². The molecule has 0 saturated carbocycles. The van der Waals surface area contributed by atoms with Crippen molar-refractivity contribution in [3.05, 3.63) is 42.5 Å². The first-order valence-corrected chi connectivity index (χ1v) is 8.48. The zero-order valence-electron chi connectivity index (χ0n) is 14.9. The van der Waals surface area contributed by atoms with Gasteiger partial charge >= 0.3 is 12.2 Å². The standard InChI is InChI=1S/C18H25N3O6/c1-2-11-27-18(26)19-10-4-3-5-15(21-17(24)25)16(23)20-14-8-6-13(12-22)7-9-14/h2,6-9,15,21-22H,1,3-5,10-12H2,(H,19,26)(H,20,23)(H,24,25)/t15-/m0/s1. The molecule has 148 valence electrons. The highest BCUT2D eigenvalue weighted by Gasteiger charge is 2.20. The highest BCUT2D eigenvalue weighted by Crippen LogP contribution is 2.11. The number of anilines is 1. The Morgan fingerprint density at radius 1 is 1.19 bits per heavy atom. The maximum Gasteiger partial charge on any atom is 0.407 e. The summed E-state index contributed by atoms with van der Waals surface area (Å²) in [6.45, 7) is 3.80. The molecule has 3 amide bonds. The van der Waals surface area contributed by atoms with E-state index in [2.05, 4.69) is 22.5 Å². The number of carbonyl (C=O) groups excluding carboxylic acids is 2. The van der Waals surface area contributed by atoms with Crippen LogP contribution in [-0.4, -0.2) is 47.5 Å². The molecule has 0 unspecified atom stereocenters. The molecule has 0 fully saturated rings. The van der Waals surface area contributed by atoms with E-state index < -0.39 is 24.1 Å². The Kier molecular flexibility index (Phi) is 10.0. The summed E-state index contributed by atoms with van der Waals surface area (Å²) in [6, 6.07) is 5.64. The van der Waals surface area contributed by atoms with Crippen LogP contribution >= 0.6 is 0 Å². The molecule has 0 aromatic heterocycles. The third-order valence-corrected chi connectivity index (χ3v) is 3.54. The average molecular weight is 379 g/mol. The number of nitrogens with one attached hydrogen (secondary N) is 3. The fraction of sp³-hybridized carbons (Fsp3) is 0.389. The lowest BCUT2D eigenvalue weighted by atomic mass is 10.1. The van der Waals surface area contributed by atoms with Crippen molar-refractivity contribution in [3.8, 4) is 0 Å². The van der Waals surface area contributed by atoms with Crippen molar-refractivity contribution >= 4 is 23.8 Å². The lowest BCUT2D eigenvalue weighted by Crippen LogP contribution is -2.43. The molecule has 0 bridgehead atoms. The molecule has 1 aromatic carbocycles. The molecule has 1 aromatic rings. The summed E-state index contributed by atoms with van der Waals surface area (Å²) in [7, 11) is 0. The first-order chi connectivity index (χ1) is 13.0. The number of hydrogen-bond donors (Lipinski definition) is 5. The molecule has 0 aliphatic carbocycles. The number of aliphatic hydroxyl groups is 1. The third-order valence-electron chi connectivity index (χ3n) is 3.54. The molecule has 27 heavy (non-hydrogen) atoms. The van der Waals surface area contributed by atoms with Gasteiger partial charge in [-0.1, -0.05) is 24.8 Å². The normalized spacial score (nSPS) is 11.1. The second-order valence-electron chi connectivity index (χ2n) is 5.66. The van der Waals surface area contributed by atoms with Gasteiger partial charge in [-0.05, 0) is 37.0 Å². The molecule has 0 saturated heterocycles. The summed E-state index contributed by atoms with van der Waals surface area (Å²) in [4.78, 5) is 34.5. The summed E-state index contributed by atoms with van der Waals surface area (Å²) < 4.78 is 4.75. The molecule has 0 heterocycles. The van der Waals surface area contributed by atoms with E-state index in [1.54, 1.807) is 24.3 Å². The van der Waals surface area contributed by atoms with Crippen LogP contribution in [0, 0.1) is 0 Å². The molecular weight excluding hydrogens is 354 g/mol. The van der Waals surface area contributed by atoms with Gasteiger partial charge in [0.05, 0.1) is 6.61 Å². The van der Waals surface area contributed by atoms with E-state index in [9.17, 15) is 14.4 Å². The van der Waals surface area contributed by atoms with Crippen LogP contribution in [0.3, 0.4) is 0 Å². The highest BCUT2D eigenvalue weighted by atomic mass is 16.5. The van der Waals surface area contributed by atoms with Gasteiger partial charge in [-0.2, -0.15) is 0 Å². The minimum Gasteiger partial charge on any atom is -0.465 e. The van der Waals surface area contributed by atoms with Gasteiger partial charge in [0, 0.05) is 12.2 Å². The SMILES string of the molecule is C=CCOC(=O)NCCCC[C@H](NC(=O)O)C(=O)Nc1ccc(CO)cc1. The molecule has 1 atom stereocenters. The number of ether oxygens (including phenoxy) is 1. The van der Waals surface area contributed by atoms with Crippen LogP contribution in [0.15, 0.2) is 36.9 Å². The number of alkyl carbamates (subject to hydrolysis) is 1. The van der Waals surface area contributed by atoms with Crippen molar-refractivity contribution in [2.75, 3.05) is 18.5 Å². The molecule has 9 nitrogen and oxygen atoms in total. The van der Waals surface area contributed by atoms with Crippen molar-refractivity contribution in [1.29, 1.82) is 0 Å². The molecule has 1 rings (SSSR count). The quantitative estimate of drug-likeness (QED) is 0.294. The predicted octanol–water partition coefficient (Wildman–Crippen LogP) is 1.84. The number of carboxylic acid groups (broad SMARTS) is 1. The summed E-state index contributed by atoms with van der Waals surface area (Å²) in [5.74, 6) is -0.479. The third kappa shape index (κ3) is 9.26. The average Bonchev–Trinajstić information content (AvgIpc) is 2.65. The van der Waals surface area contributed by atoms with Gasteiger partial charge in [0.2, 0.25) is 5.91 Å². The first-order valence-electron chi connectivity index (χ1n) is 8.48. The Labute approximate surface area is 157 Å². The van der Waals surface area contributed by atoms with Gasteiger partial charge < -0.3 is 30.9 Å². The van der Waals surface area contributed by atoms with Gasteiger partial charge in [-0.25, -0.2) is 9.59 Å². The highest BCUT2D eigenvalue weighted by molar-refractivity contribution is 5.96. The van der Waals surface area contributed by atoms with Crippen LogP contribution in [0.4, 0.5) is 15.3 Å². The fourth-order valence-corrected chi connectivity index (χ4v) is 2.19. The van der Waals surface area contributed by atoms with Gasteiger partial charge in [0.1, 0.15) is 12.6 Å². The van der Waals surface area contributed by atoms with E-state index in [0.29, 0.717) is 30.6 Å². The van der Waals surface area contributed by atoms with Crippen molar-refractivity contribution in [2.24, 2.45) is 0 Å². The van der Waals surface area contributed by atoms with Crippen LogP contribution in [0.25, 0.3) is 0 Å². The molecular formula is C18H25N3O6. The largest absolute Gasteiger partial charge is 0.465 e. The van der Waals surface area contributed by atoms with Crippen LogP contribution in [-0.2, 0) is 16.1 Å². The van der Waals surface area contributed by atoms with Crippen LogP contribution in [0.5, 0.6) is 0 Å². The Morgan fingerprint density at radius 2 is 1.89 bits per heavy atom. The first kappa shape index (κ1) is 22.0. The van der Waals surface area contributed by atoms with Gasteiger partial charge in [0.25, 0.3) is 0 Å². The molecule has 0 spiro atoms. The molecule has 0 aliphatic heterocycles. The number of carbonyl (C=O) groups is 3. The maximum absolute atomic E-state index is 12.3. The Hall–Kier alpha value is -3.07. The van der Waals surface area contributed by atoms with Crippen molar-refractivity contribution < 1.29 is 29.3 Å². The molecule has 0 aliphatic rings. The summed E-state index contributed by atoms with van der Waals surface area (Å²) in [5.41, 5.74) is 1.20. The Bertz CT molecular complexity index is 632.